The van der Waals surface area contributed by atoms with E-state index in [4.69, 9.17) is 10.4 Å². The Hall–Kier alpha value is -1.40. The first kappa shape index (κ1) is 11.1. The van der Waals surface area contributed by atoms with Gasteiger partial charge in [0.2, 0.25) is 0 Å². The number of aromatic nitrogens is 1. The fraction of sp³-hybridized carbons (Fsp3) is 0.600. The van der Waals surface area contributed by atoms with Gasteiger partial charge in [-0.25, -0.2) is 5.84 Å². The van der Waals surface area contributed by atoms with Crippen molar-refractivity contribution < 1.29 is 9.32 Å². The summed E-state index contributed by atoms with van der Waals surface area (Å²) in [6, 6.07) is 1.63. The molecule has 0 aliphatic carbocycles. The summed E-state index contributed by atoms with van der Waals surface area (Å²) in [5, 5.41) is 3.65. The molecule has 1 saturated heterocycles. The summed E-state index contributed by atoms with van der Waals surface area (Å²) in [6.07, 6.45) is 1.21. The normalized spacial score (nSPS) is 21.2. The van der Waals surface area contributed by atoms with Crippen molar-refractivity contribution in [3.05, 3.63) is 17.5 Å². The van der Waals surface area contributed by atoms with Gasteiger partial charge in [0.15, 0.2) is 11.5 Å². The predicted molar refractivity (Wildman–Crippen MR) is 57.2 cm³/mol. The minimum absolute atomic E-state index is 0.227. The highest BCUT2D eigenvalue weighted by Crippen LogP contribution is 2.18. The predicted octanol–water partition coefficient (Wildman–Crippen LogP) is 0.120. The van der Waals surface area contributed by atoms with Crippen LogP contribution in [0.5, 0.6) is 0 Å². The van der Waals surface area contributed by atoms with Gasteiger partial charge in [-0.2, -0.15) is 0 Å². The standard InChI is InChI=1S/C10H16N4O2/c1-7-2-3-14(5-7)6-8-4-9(13-16-8)10(15)12-11/h4,7H,2-3,5-6,11H2,1H3,(H,12,15). The average Bonchev–Trinajstić information content (AvgIpc) is 2.87. The second kappa shape index (κ2) is 4.63. The Morgan fingerprint density at radius 1 is 1.81 bits per heavy atom. The highest BCUT2D eigenvalue weighted by Gasteiger charge is 2.20. The van der Waals surface area contributed by atoms with Gasteiger partial charge < -0.3 is 4.52 Å². The number of nitrogens with zero attached hydrogens (tertiary/aromatic N) is 2. The molecule has 0 spiro atoms. The van der Waals surface area contributed by atoms with Crippen LogP contribution in [0.3, 0.4) is 0 Å². The lowest BCUT2D eigenvalue weighted by Gasteiger charge is -2.11. The van der Waals surface area contributed by atoms with Gasteiger partial charge in [0.25, 0.3) is 5.91 Å². The van der Waals surface area contributed by atoms with Crippen LogP contribution < -0.4 is 11.3 Å². The summed E-state index contributed by atoms with van der Waals surface area (Å²) in [7, 11) is 0. The second-order valence-electron chi connectivity index (χ2n) is 4.28. The van der Waals surface area contributed by atoms with Crippen LogP contribution in [0.2, 0.25) is 0 Å². The number of amides is 1. The molecule has 0 saturated carbocycles. The van der Waals surface area contributed by atoms with E-state index in [0.29, 0.717) is 12.3 Å². The van der Waals surface area contributed by atoms with E-state index in [1.807, 2.05) is 5.43 Å². The highest BCUT2D eigenvalue weighted by atomic mass is 16.5. The van der Waals surface area contributed by atoms with Crippen molar-refractivity contribution in [3.8, 4) is 0 Å². The molecule has 88 valence electrons. The number of rotatable bonds is 3. The van der Waals surface area contributed by atoms with Crippen LogP contribution in [0.4, 0.5) is 0 Å². The Labute approximate surface area is 93.7 Å². The number of hydrogen-bond donors (Lipinski definition) is 2. The minimum atomic E-state index is -0.426. The van der Waals surface area contributed by atoms with E-state index in [-0.39, 0.29) is 5.69 Å². The van der Waals surface area contributed by atoms with E-state index in [2.05, 4.69) is 17.0 Å². The van der Waals surface area contributed by atoms with Crippen LogP contribution in [-0.4, -0.2) is 29.1 Å². The van der Waals surface area contributed by atoms with Crippen molar-refractivity contribution in [2.75, 3.05) is 13.1 Å². The monoisotopic (exact) mass is 224 g/mol. The fourth-order valence-corrected chi connectivity index (χ4v) is 1.96. The average molecular weight is 224 g/mol. The molecule has 1 fully saturated rings. The summed E-state index contributed by atoms with van der Waals surface area (Å²) in [4.78, 5) is 13.4. The van der Waals surface area contributed by atoms with E-state index in [9.17, 15) is 4.79 Å². The van der Waals surface area contributed by atoms with Gasteiger partial charge in [0, 0.05) is 12.6 Å². The lowest BCUT2D eigenvalue weighted by molar-refractivity contribution is 0.0944. The Morgan fingerprint density at radius 3 is 3.25 bits per heavy atom. The van der Waals surface area contributed by atoms with Crippen molar-refractivity contribution in [2.45, 2.75) is 19.9 Å². The van der Waals surface area contributed by atoms with Gasteiger partial charge in [-0.1, -0.05) is 12.1 Å². The minimum Gasteiger partial charge on any atom is -0.359 e. The summed E-state index contributed by atoms with van der Waals surface area (Å²) in [5.74, 6) is 6.01. The molecular weight excluding hydrogens is 208 g/mol. The topological polar surface area (TPSA) is 84.4 Å². The van der Waals surface area contributed by atoms with E-state index in [1.165, 1.54) is 6.42 Å². The molecule has 1 aliphatic heterocycles. The van der Waals surface area contributed by atoms with Crippen LogP contribution in [0, 0.1) is 5.92 Å². The zero-order valence-electron chi connectivity index (χ0n) is 9.27. The molecule has 3 N–H and O–H groups in total. The van der Waals surface area contributed by atoms with Gasteiger partial charge in [0.1, 0.15) is 0 Å². The van der Waals surface area contributed by atoms with E-state index in [0.717, 1.165) is 19.0 Å². The fourth-order valence-electron chi connectivity index (χ4n) is 1.96. The first-order chi connectivity index (χ1) is 7.69. The molecule has 1 aliphatic rings. The Balaban J connectivity index is 1.95. The lowest BCUT2D eigenvalue weighted by Crippen LogP contribution is -2.30. The van der Waals surface area contributed by atoms with Crippen LogP contribution in [0.1, 0.15) is 29.6 Å². The molecule has 0 bridgehead atoms. The van der Waals surface area contributed by atoms with Crippen LogP contribution in [0.25, 0.3) is 0 Å². The molecule has 1 amide bonds. The summed E-state index contributed by atoms with van der Waals surface area (Å²) >= 11 is 0. The van der Waals surface area contributed by atoms with Crippen LogP contribution >= 0.6 is 0 Å². The summed E-state index contributed by atoms with van der Waals surface area (Å²) in [5.41, 5.74) is 2.25. The third kappa shape index (κ3) is 2.40. The number of nitrogen functional groups attached to an aromatic ring is 1. The first-order valence-electron chi connectivity index (χ1n) is 5.38. The van der Waals surface area contributed by atoms with Gasteiger partial charge in [0.05, 0.1) is 6.54 Å². The van der Waals surface area contributed by atoms with Gasteiger partial charge >= 0.3 is 0 Å². The maximum atomic E-state index is 11.1. The molecule has 6 nitrogen and oxygen atoms in total. The van der Waals surface area contributed by atoms with Gasteiger partial charge in [-0.15, -0.1) is 0 Å². The van der Waals surface area contributed by atoms with Crippen molar-refractivity contribution in [2.24, 2.45) is 11.8 Å². The van der Waals surface area contributed by atoms with Crippen molar-refractivity contribution in [1.29, 1.82) is 0 Å². The SMILES string of the molecule is CC1CCN(Cc2cc(C(=O)NN)no2)C1. The van der Waals surface area contributed by atoms with Crippen molar-refractivity contribution in [1.82, 2.24) is 15.5 Å². The molecule has 2 heterocycles. The Morgan fingerprint density at radius 2 is 2.62 bits per heavy atom. The van der Waals surface area contributed by atoms with E-state index >= 15 is 0 Å². The number of hydrazine groups is 1. The number of nitrogens with one attached hydrogen (secondary N) is 1. The number of hydrogen-bond acceptors (Lipinski definition) is 5. The number of likely N-dealkylation sites (tertiary alicyclic amines) is 1. The second-order valence-corrected chi connectivity index (χ2v) is 4.28. The molecule has 1 aromatic heterocycles. The Bertz CT molecular complexity index is 377. The van der Waals surface area contributed by atoms with Crippen molar-refractivity contribution >= 4 is 5.91 Å². The third-order valence-corrected chi connectivity index (χ3v) is 2.81. The maximum absolute atomic E-state index is 11.1. The lowest BCUT2D eigenvalue weighted by atomic mass is 10.2. The molecule has 1 atom stereocenters. The smallest absolute Gasteiger partial charge is 0.287 e. The zero-order chi connectivity index (χ0) is 11.5. The molecule has 2 rings (SSSR count). The van der Waals surface area contributed by atoms with Gasteiger partial charge in [-0.05, 0) is 18.9 Å². The van der Waals surface area contributed by atoms with E-state index < -0.39 is 5.91 Å². The third-order valence-electron chi connectivity index (χ3n) is 2.81. The highest BCUT2D eigenvalue weighted by molar-refractivity contribution is 5.91. The number of carbonyl (C=O) groups excluding carboxylic acids is 1. The molecular formula is C10H16N4O2. The molecule has 0 aromatic carbocycles. The van der Waals surface area contributed by atoms with Crippen LogP contribution in [-0.2, 0) is 6.54 Å². The first-order valence-corrected chi connectivity index (χ1v) is 5.38. The molecule has 1 aromatic rings. The largest absolute Gasteiger partial charge is 0.359 e. The van der Waals surface area contributed by atoms with Crippen molar-refractivity contribution in [3.63, 3.8) is 0 Å². The zero-order valence-corrected chi connectivity index (χ0v) is 9.27. The van der Waals surface area contributed by atoms with Crippen LogP contribution in [0.15, 0.2) is 10.6 Å². The molecule has 0 radical (unpaired) electrons. The maximum Gasteiger partial charge on any atom is 0.287 e. The summed E-state index contributed by atoms with van der Waals surface area (Å²) in [6.45, 7) is 5.07. The molecule has 6 heteroatoms. The quantitative estimate of drug-likeness (QED) is 0.433. The van der Waals surface area contributed by atoms with Gasteiger partial charge in [-0.3, -0.25) is 15.1 Å². The summed E-state index contributed by atoms with van der Waals surface area (Å²) < 4.78 is 5.08. The number of nitrogens with two attached hydrogens (primary N) is 1. The number of carbonyl (C=O) groups is 1. The molecule has 16 heavy (non-hydrogen) atoms. The Kier molecular flexibility index (Phi) is 3.21. The van der Waals surface area contributed by atoms with E-state index in [1.54, 1.807) is 6.07 Å². The molecule has 1 unspecified atom stereocenters.